The highest BCUT2D eigenvalue weighted by molar-refractivity contribution is 5.91. The third-order valence-electron chi connectivity index (χ3n) is 2.43. The number of methoxy groups -OCH3 is 1. The van der Waals surface area contributed by atoms with Gasteiger partial charge in [-0.2, -0.15) is 0 Å². The SMILES string of the molecule is COC(=O)C1CC1(C=O)NC(=O)OC(C)(C)C. The van der Waals surface area contributed by atoms with Gasteiger partial charge in [-0.15, -0.1) is 0 Å². The Morgan fingerprint density at radius 3 is 2.41 bits per heavy atom. The van der Waals surface area contributed by atoms with E-state index >= 15 is 0 Å². The number of hydrogen-bond acceptors (Lipinski definition) is 5. The summed E-state index contributed by atoms with van der Waals surface area (Å²) in [5, 5.41) is 2.41. The van der Waals surface area contributed by atoms with E-state index in [9.17, 15) is 14.4 Å². The van der Waals surface area contributed by atoms with Gasteiger partial charge < -0.3 is 19.6 Å². The van der Waals surface area contributed by atoms with Crippen molar-refractivity contribution in [1.82, 2.24) is 5.32 Å². The molecule has 96 valence electrons. The first-order chi connectivity index (χ1) is 7.74. The molecule has 2 unspecified atom stereocenters. The zero-order valence-corrected chi connectivity index (χ0v) is 10.4. The van der Waals surface area contributed by atoms with Crippen molar-refractivity contribution in [3.05, 3.63) is 0 Å². The molecule has 0 aromatic heterocycles. The molecule has 0 spiro atoms. The average Bonchev–Trinajstić information content (AvgIpc) is 2.89. The Balaban J connectivity index is 2.59. The number of carbonyl (C=O) groups excluding carboxylic acids is 3. The van der Waals surface area contributed by atoms with Crippen molar-refractivity contribution in [1.29, 1.82) is 0 Å². The van der Waals surface area contributed by atoms with Crippen LogP contribution < -0.4 is 5.32 Å². The highest BCUT2D eigenvalue weighted by atomic mass is 16.6. The lowest BCUT2D eigenvalue weighted by Crippen LogP contribution is -2.44. The Labute approximate surface area is 99.6 Å². The van der Waals surface area contributed by atoms with Crippen LogP contribution in [0, 0.1) is 5.92 Å². The molecule has 0 aliphatic heterocycles. The summed E-state index contributed by atoms with van der Waals surface area (Å²) in [7, 11) is 1.24. The van der Waals surface area contributed by atoms with Crippen LogP contribution in [0.3, 0.4) is 0 Å². The number of alkyl carbamates (subject to hydrolysis) is 1. The van der Waals surface area contributed by atoms with Crippen LogP contribution >= 0.6 is 0 Å². The molecule has 0 aromatic rings. The van der Waals surface area contributed by atoms with Crippen molar-refractivity contribution in [2.75, 3.05) is 7.11 Å². The molecule has 0 radical (unpaired) electrons. The number of amides is 1. The molecular formula is C11H17NO5. The first-order valence-corrected chi connectivity index (χ1v) is 5.29. The molecule has 0 heterocycles. The number of ether oxygens (including phenoxy) is 2. The van der Waals surface area contributed by atoms with Gasteiger partial charge in [-0.1, -0.05) is 0 Å². The van der Waals surface area contributed by atoms with Crippen molar-refractivity contribution in [2.45, 2.75) is 38.3 Å². The van der Waals surface area contributed by atoms with E-state index < -0.39 is 29.1 Å². The highest BCUT2D eigenvalue weighted by Gasteiger charge is 2.61. The monoisotopic (exact) mass is 243 g/mol. The van der Waals surface area contributed by atoms with Gasteiger partial charge in [-0.05, 0) is 27.2 Å². The van der Waals surface area contributed by atoms with Crippen LogP contribution in [0.1, 0.15) is 27.2 Å². The fourth-order valence-electron chi connectivity index (χ4n) is 1.51. The first kappa shape index (κ1) is 13.5. The fraction of sp³-hybridized carbons (Fsp3) is 0.727. The van der Waals surface area contributed by atoms with Crippen LogP contribution in [0.5, 0.6) is 0 Å². The molecule has 0 bridgehead atoms. The molecule has 6 nitrogen and oxygen atoms in total. The third kappa shape index (κ3) is 3.18. The third-order valence-corrected chi connectivity index (χ3v) is 2.43. The van der Waals surface area contributed by atoms with Crippen LogP contribution in [-0.2, 0) is 19.1 Å². The van der Waals surface area contributed by atoms with Crippen molar-refractivity contribution in [3.63, 3.8) is 0 Å². The Kier molecular flexibility index (Phi) is 3.45. The van der Waals surface area contributed by atoms with Crippen LogP contribution in [0.2, 0.25) is 0 Å². The lowest BCUT2D eigenvalue weighted by molar-refractivity contribution is -0.143. The van der Waals surface area contributed by atoms with Gasteiger partial charge >= 0.3 is 12.1 Å². The minimum Gasteiger partial charge on any atom is -0.469 e. The number of carbonyl (C=O) groups is 3. The molecule has 1 rings (SSSR count). The zero-order chi connectivity index (χ0) is 13.3. The smallest absolute Gasteiger partial charge is 0.408 e. The lowest BCUT2D eigenvalue weighted by Gasteiger charge is -2.21. The summed E-state index contributed by atoms with van der Waals surface area (Å²) < 4.78 is 9.54. The molecule has 1 saturated carbocycles. The van der Waals surface area contributed by atoms with Gasteiger partial charge in [0.1, 0.15) is 17.4 Å². The van der Waals surface area contributed by atoms with Crippen LogP contribution in [-0.4, -0.2) is 36.6 Å². The molecule has 1 fully saturated rings. The van der Waals surface area contributed by atoms with Crippen molar-refractivity contribution in [3.8, 4) is 0 Å². The minimum atomic E-state index is -1.16. The molecule has 0 saturated heterocycles. The second kappa shape index (κ2) is 4.35. The molecule has 1 aliphatic carbocycles. The topological polar surface area (TPSA) is 81.7 Å². The number of hydrogen-bond donors (Lipinski definition) is 1. The van der Waals surface area contributed by atoms with E-state index in [0.29, 0.717) is 6.29 Å². The van der Waals surface area contributed by atoms with Crippen LogP contribution in [0.15, 0.2) is 0 Å². The molecule has 6 heteroatoms. The van der Waals surface area contributed by atoms with E-state index in [1.165, 1.54) is 7.11 Å². The molecule has 1 amide bonds. The van der Waals surface area contributed by atoms with Crippen LogP contribution in [0.4, 0.5) is 4.79 Å². The number of esters is 1. The summed E-state index contributed by atoms with van der Waals surface area (Å²) in [4.78, 5) is 33.7. The minimum absolute atomic E-state index is 0.252. The molecule has 17 heavy (non-hydrogen) atoms. The van der Waals surface area contributed by atoms with Gasteiger partial charge in [0.25, 0.3) is 0 Å². The Morgan fingerprint density at radius 1 is 1.41 bits per heavy atom. The molecule has 2 atom stereocenters. The summed E-state index contributed by atoms with van der Waals surface area (Å²) in [5.74, 6) is -1.12. The van der Waals surface area contributed by atoms with Gasteiger partial charge in [0, 0.05) is 0 Å². The predicted molar refractivity (Wildman–Crippen MR) is 58.3 cm³/mol. The maximum Gasteiger partial charge on any atom is 0.408 e. The molecule has 0 aromatic carbocycles. The quantitative estimate of drug-likeness (QED) is 0.581. The summed E-state index contributed by atoms with van der Waals surface area (Å²) in [6, 6.07) is 0. The van der Waals surface area contributed by atoms with Gasteiger partial charge in [0.2, 0.25) is 0 Å². The molecule has 1 N–H and O–H groups in total. The Hall–Kier alpha value is -1.59. The van der Waals surface area contributed by atoms with Crippen molar-refractivity contribution in [2.24, 2.45) is 5.92 Å². The lowest BCUT2D eigenvalue weighted by atomic mass is 10.2. The number of aldehydes is 1. The number of rotatable bonds is 3. The van der Waals surface area contributed by atoms with Crippen molar-refractivity contribution >= 4 is 18.3 Å². The summed E-state index contributed by atoms with van der Waals surface area (Å²) >= 11 is 0. The van der Waals surface area contributed by atoms with E-state index in [-0.39, 0.29) is 6.42 Å². The summed E-state index contributed by atoms with van der Waals surface area (Å²) in [5.41, 5.74) is -1.81. The predicted octanol–water partition coefficient (Wildman–Crippen LogP) is 0.642. The van der Waals surface area contributed by atoms with E-state index in [1.54, 1.807) is 20.8 Å². The Morgan fingerprint density at radius 2 is 2.00 bits per heavy atom. The van der Waals surface area contributed by atoms with E-state index in [0.717, 1.165) is 0 Å². The fourth-order valence-corrected chi connectivity index (χ4v) is 1.51. The number of nitrogens with one attached hydrogen (secondary N) is 1. The standard InChI is InChI=1S/C11H17NO5/c1-10(2,3)17-9(15)12-11(6-13)5-7(11)8(14)16-4/h6-7H,5H2,1-4H3,(H,12,15). The van der Waals surface area contributed by atoms with Gasteiger partial charge in [0.05, 0.1) is 13.0 Å². The van der Waals surface area contributed by atoms with Crippen molar-refractivity contribution < 1.29 is 23.9 Å². The second-order valence-electron chi connectivity index (χ2n) is 5.06. The van der Waals surface area contributed by atoms with Crippen LogP contribution in [0.25, 0.3) is 0 Å². The maximum absolute atomic E-state index is 11.5. The molecule has 1 aliphatic rings. The van der Waals surface area contributed by atoms with Gasteiger partial charge in [-0.3, -0.25) is 4.79 Å². The van der Waals surface area contributed by atoms with E-state index in [1.807, 2.05) is 0 Å². The highest BCUT2D eigenvalue weighted by Crippen LogP contribution is 2.42. The van der Waals surface area contributed by atoms with Gasteiger partial charge in [-0.25, -0.2) is 4.79 Å². The largest absolute Gasteiger partial charge is 0.469 e. The Bertz CT molecular complexity index is 346. The summed E-state index contributed by atoms with van der Waals surface area (Å²) in [6.07, 6.45) is 0.0944. The maximum atomic E-state index is 11.5. The zero-order valence-electron chi connectivity index (χ0n) is 10.4. The summed E-state index contributed by atoms with van der Waals surface area (Å²) in [6.45, 7) is 5.14. The van der Waals surface area contributed by atoms with E-state index in [2.05, 4.69) is 10.1 Å². The van der Waals surface area contributed by atoms with Gasteiger partial charge in [0.15, 0.2) is 0 Å². The molecular weight excluding hydrogens is 226 g/mol. The normalized spacial score (nSPS) is 26.9. The van der Waals surface area contributed by atoms with E-state index in [4.69, 9.17) is 4.74 Å². The first-order valence-electron chi connectivity index (χ1n) is 5.29. The second-order valence-corrected chi connectivity index (χ2v) is 5.06. The average molecular weight is 243 g/mol.